The fraction of sp³-hybridized carbons (Fsp3) is 0.538. The zero-order valence-corrected chi connectivity index (χ0v) is 13.0. The van der Waals surface area contributed by atoms with E-state index in [1.54, 1.807) is 19.3 Å². The van der Waals surface area contributed by atoms with Crippen LogP contribution in [0.4, 0.5) is 5.82 Å². The van der Waals surface area contributed by atoms with E-state index in [9.17, 15) is 4.79 Å². The standard InChI is InChI=1S/C13H18BrN3O2/c1-13(2)8-17(4-5-19-13)12(18)10-6-9(14)7-16-11(10)15-3/h6-7H,4-5,8H2,1-3H3,(H,15,16). The lowest BCUT2D eigenvalue weighted by atomic mass is 10.1. The number of halogens is 1. The van der Waals surface area contributed by atoms with Crippen molar-refractivity contribution < 1.29 is 9.53 Å². The normalized spacial score (nSPS) is 18.2. The summed E-state index contributed by atoms with van der Waals surface area (Å²) in [5.74, 6) is 0.576. The summed E-state index contributed by atoms with van der Waals surface area (Å²) in [4.78, 5) is 18.6. The van der Waals surface area contributed by atoms with Crippen molar-refractivity contribution in [1.29, 1.82) is 0 Å². The number of nitrogens with one attached hydrogen (secondary N) is 1. The topological polar surface area (TPSA) is 54.5 Å². The number of carbonyl (C=O) groups excluding carboxylic acids is 1. The second-order valence-electron chi connectivity index (χ2n) is 5.13. The van der Waals surface area contributed by atoms with Crippen LogP contribution < -0.4 is 5.32 Å². The third-order valence-electron chi connectivity index (χ3n) is 3.03. The molecule has 1 amide bonds. The number of ether oxygens (including phenoxy) is 1. The Labute approximate surface area is 121 Å². The molecule has 2 heterocycles. The van der Waals surface area contributed by atoms with Gasteiger partial charge in [-0.1, -0.05) is 0 Å². The zero-order chi connectivity index (χ0) is 14.0. The maximum atomic E-state index is 12.6. The summed E-state index contributed by atoms with van der Waals surface area (Å²) in [5, 5.41) is 2.95. The SMILES string of the molecule is CNc1ncc(Br)cc1C(=O)N1CCOC(C)(C)C1. The van der Waals surface area contributed by atoms with Gasteiger partial charge in [-0.2, -0.15) is 0 Å². The zero-order valence-electron chi connectivity index (χ0n) is 11.4. The largest absolute Gasteiger partial charge is 0.372 e. The van der Waals surface area contributed by atoms with E-state index in [-0.39, 0.29) is 11.5 Å². The Morgan fingerprint density at radius 2 is 2.32 bits per heavy atom. The molecule has 1 saturated heterocycles. The number of aromatic nitrogens is 1. The van der Waals surface area contributed by atoms with Crippen molar-refractivity contribution >= 4 is 27.7 Å². The maximum Gasteiger partial charge on any atom is 0.257 e. The van der Waals surface area contributed by atoms with Crippen LogP contribution in [0.2, 0.25) is 0 Å². The third-order valence-corrected chi connectivity index (χ3v) is 3.47. The predicted molar refractivity (Wildman–Crippen MR) is 77.4 cm³/mol. The van der Waals surface area contributed by atoms with Gasteiger partial charge in [-0.3, -0.25) is 4.79 Å². The van der Waals surface area contributed by atoms with Crippen LogP contribution in [-0.2, 0) is 4.74 Å². The van der Waals surface area contributed by atoms with Crippen LogP contribution in [0.25, 0.3) is 0 Å². The summed E-state index contributed by atoms with van der Waals surface area (Å²) in [6, 6.07) is 1.80. The molecule has 0 atom stereocenters. The molecule has 1 aromatic heterocycles. The second kappa shape index (κ2) is 5.46. The summed E-state index contributed by atoms with van der Waals surface area (Å²) in [7, 11) is 1.76. The lowest BCUT2D eigenvalue weighted by Gasteiger charge is -2.38. The highest BCUT2D eigenvalue weighted by Gasteiger charge is 2.31. The van der Waals surface area contributed by atoms with Crippen LogP contribution in [0.3, 0.4) is 0 Å². The molecule has 0 aliphatic carbocycles. The summed E-state index contributed by atoms with van der Waals surface area (Å²) >= 11 is 3.35. The number of morpholine rings is 1. The van der Waals surface area contributed by atoms with Crippen molar-refractivity contribution in [3.8, 4) is 0 Å². The molecule has 0 unspecified atom stereocenters. The number of hydrogen-bond donors (Lipinski definition) is 1. The monoisotopic (exact) mass is 327 g/mol. The van der Waals surface area contributed by atoms with Gasteiger partial charge in [0.25, 0.3) is 5.91 Å². The summed E-state index contributed by atoms with van der Waals surface area (Å²) in [5.41, 5.74) is 0.280. The van der Waals surface area contributed by atoms with Crippen LogP contribution in [0.1, 0.15) is 24.2 Å². The molecular weight excluding hydrogens is 310 g/mol. The van der Waals surface area contributed by atoms with E-state index in [1.165, 1.54) is 0 Å². The molecule has 0 saturated carbocycles. The summed E-state index contributed by atoms with van der Waals surface area (Å²) in [6.45, 7) is 5.74. The van der Waals surface area contributed by atoms with E-state index in [0.717, 1.165) is 4.47 Å². The number of pyridine rings is 1. The van der Waals surface area contributed by atoms with E-state index in [4.69, 9.17) is 4.74 Å². The molecule has 5 nitrogen and oxygen atoms in total. The van der Waals surface area contributed by atoms with Gasteiger partial charge in [0.1, 0.15) is 5.82 Å². The van der Waals surface area contributed by atoms with E-state index in [2.05, 4.69) is 26.2 Å². The third kappa shape index (κ3) is 3.25. The van der Waals surface area contributed by atoms with Gasteiger partial charge in [-0.15, -0.1) is 0 Å². The number of nitrogens with zero attached hydrogens (tertiary/aromatic N) is 2. The average molecular weight is 328 g/mol. The van der Waals surface area contributed by atoms with Gasteiger partial charge in [0.05, 0.1) is 17.8 Å². The molecule has 2 rings (SSSR count). The van der Waals surface area contributed by atoms with Crippen LogP contribution >= 0.6 is 15.9 Å². The molecule has 19 heavy (non-hydrogen) atoms. The molecule has 1 aliphatic rings. The Balaban J connectivity index is 2.26. The van der Waals surface area contributed by atoms with E-state index < -0.39 is 0 Å². The highest BCUT2D eigenvalue weighted by molar-refractivity contribution is 9.10. The molecule has 1 aliphatic heterocycles. The van der Waals surface area contributed by atoms with E-state index in [1.807, 2.05) is 18.7 Å². The molecule has 1 fully saturated rings. The quantitative estimate of drug-likeness (QED) is 0.904. The Morgan fingerprint density at radius 3 is 2.95 bits per heavy atom. The Morgan fingerprint density at radius 1 is 1.58 bits per heavy atom. The molecule has 0 bridgehead atoms. The van der Waals surface area contributed by atoms with Gasteiger partial charge in [-0.05, 0) is 35.8 Å². The molecule has 0 spiro atoms. The second-order valence-corrected chi connectivity index (χ2v) is 6.05. The number of hydrogen-bond acceptors (Lipinski definition) is 4. The Kier molecular flexibility index (Phi) is 4.10. The summed E-state index contributed by atoms with van der Waals surface area (Å²) < 4.78 is 6.42. The molecule has 6 heteroatoms. The molecule has 0 radical (unpaired) electrons. The van der Waals surface area contributed by atoms with Crippen molar-refractivity contribution in [2.24, 2.45) is 0 Å². The number of carbonyl (C=O) groups is 1. The van der Waals surface area contributed by atoms with Crippen LogP contribution in [0.15, 0.2) is 16.7 Å². The molecule has 0 aromatic carbocycles. The fourth-order valence-corrected chi connectivity index (χ4v) is 2.49. The number of anilines is 1. The van der Waals surface area contributed by atoms with Gasteiger partial charge in [0.2, 0.25) is 0 Å². The van der Waals surface area contributed by atoms with Crippen LogP contribution in [0, 0.1) is 0 Å². The molecule has 1 N–H and O–H groups in total. The minimum atomic E-state index is -0.298. The smallest absolute Gasteiger partial charge is 0.257 e. The number of amides is 1. The van der Waals surface area contributed by atoms with Crippen molar-refractivity contribution in [1.82, 2.24) is 9.88 Å². The first-order valence-corrected chi connectivity index (χ1v) is 6.99. The van der Waals surface area contributed by atoms with Crippen LogP contribution in [-0.4, -0.2) is 48.1 Å². The minimum absolute atomic E-state index is 0.0190. The Hall–Kier alpha value is -1.14. The highest BCUT2D eigenvalue weighted by atomic mass is 79.9. The first-order valence-electron chi connectivity index (χ1n) is 6.19. The summed E-state index contributed by atoms with van der Waals surface area (Å²) in [6.07, 6.45) is 1.67. The first kappa shape index (κ1) is 14.3. The van der Waals surface area contributed by atoms with Crippen molar-refractivity contribution in [3.05, 3.63) is 22.3 Å². The maximum absolute atomic E-state index is 12.6. The lowest BCUT2D eigenvalue weighted by Crippen LogP contribution is -2.50. The average Bonchev–Trinajstić information content (AvgIpc) is 2.36. The Bertz CT molecular complexity index is 491. The van der Waals surface area contributed by atoms with Gasteiger partial charge >= 0.3 is 0 Å². The minimum Gasteiger partial charge on any atom is -0.372 e. The predicted octanol–water partition coefficient (Wildman–Crippen LogP) is 2.14. The molecule has 104 valence electrons. The molecular formula is C13H18BrN3O2. The number of rotatable bonds is 2. The fourth-order valence-electron chi connectivity index (χ4n) is 2.16. The highest BCUT2D eigenvalue weighted by Crippen LogP contribution is 2.23. The van der Waals surface area contributed by atoms with E-state index >= 15 is 0 Å². The molecule has 1 aromatic rings. The van der Waals surface area contributed by atoms with Crippen molar-refractivity contribution in [2.75, 3.05) is 32.1 Å². The lowest BCUT2D eigenvalue weighted by molar-refractivity contribution is -0.0763. The van der Waals surface area contributed by atoms with Gasteiger partial charge in [-0.25, -0.2) is 4.98 Å². The van der Waals surface area contributed by atoms with Crippen molar-refractivity contribution in [2.45, 2.75) is 19.4 Å². The van der Waals surface area contributed by atoms with Gasteiger partial charge < -0.3 is 15.0 Å². The van der Waals surface area contributed by atoms with Crippen LogP contribution in [0.5, 0.6) is 0 Å². The van der Waals surface area contributed by atoms with Gasteiger partial charge in [0, 0.05) is 30.8 Å². The van der Waals surface area contributed by atoms with E-state index in [0.29, 0.717) is 31.1 Å². The van der Waals surface area contributed by atoms with Gasteiger partial charge in [0.15, 0.2) is 0 Å². The first-order chi connectivity index (χ1) is 8.93. The van der Waals surface area contributed by atoms with Crippen molar-refractivity contribution in [3.63, 3.8) is 0 Å².